The lowest BCUT2D eigenvalue weighted by Gasteiger charge is -2.48. The molecule has 0 saturated carbocycles. The van der Waals surface area contributed by atoms with Crippen molar-refractivity contribution in [2.24, 2.45) is 0 Å². The molecule has 73 heavy (non-hydrogen) atoms. The van der Waals surface area contributed by atoms with Crippen LogP contribution in [0.1, 0.15) is 142 Å². The molecule has 17 unspecified atom stereocenters. The first-order valence-electron chi connectivity index (χ1n) is 27.0. The zero-order valence-corrected chi connectivity index (χ0v) is 43.3. The Bertz CT molecular complexity index is 1580. The highest BCUT2D eigenvalue weighted by Crippen LogP contribution is 2.33. The molecule has 12 N–H and O–H groups in total. The molecule has 0 aromatic heterocycles. The van der Waals surface area contributed by atoms with E-state index in [4.69, 9.17) is 28.4 Å². The first-order chi connectivity index (χ1) is 35.3. The van der Waals surface area contributed by atoms with Crippen LogP contribution >= 0.6 is 0 Å². The molecule has 0 aromatic rings. The van der Waals surface area contributed by atoms with Crippen LogP contribution in [0.4, 0.5) is 0 Å². The van der Waals surface area contributed by atoms with E-state index in [0.717, 1.165) is 77.0 Å². The summed E-state index contributed by atoms with van der Waals surface area (Å²) in [6.45, 7) is 1.55. The molecule has 3 rings (SSSR count). The van der Waals surface area contributed by atoms with Crippen molar-refractivity contribution in [3.05, 3.63) is 60.8 Å². The van der Waals surface area contributed by atoms with Crippen LogP contribution in [-0.4, -0.2) is 193 Å². The molecule has 17 atom stereocenters. The highest BCUT2D eigenvalue weighted by Gasteiger charge is 2.53. The van der Waals surface area contributed by atoms with Gasteiger partial charge in [-0.2, -0.15) is 0 Å². The van der Waals surface area contributed by atoms with Gasteiger partial charge in [-0.25, -0.2) is 0 Å². The predicted molar refractivity (Wildman–Crippen MR) is 272 cm³/mol. The van der Waals surface area contributed by atoms with Gasteiger partial charge in [0, 0.05) is 6.42 Å². The number of hydrogen-bond donors (Lipinski definition) is 12. The highest BCUT2D eigenvalue weighted by molar-refractivity contribution is 5.76. The zero-order chi connectivity index (χ0) is 53.4. The number of carbonyl (C=O) groups is 1. The average molecular weight is 1040 g/mol. The minimum atomic E-state index is -1.98. The van der Waals surface area contributed by atoms with Gasteiger partial charge in [-0.05, 0) is 70.6 Å². The van der Waals surface area contributed by atoms with Crippen molar-refractivity contribution in [3.63, 3.8) is 0 Å². The Morgan fingerprint density at radius 1 is 0.493 bits per heavy atom. The Labute approximate surface area is 433 Å². The Morgan fingerprint density at radius 3 is 1.51 bits per heavy atom. The van der Waals surface area contributed by atoms with E-state index in [-0.39, 0.29) is 18.9 Å². The van der Waals surface area contributed by atoms with E-state index in [1.54, 1.807) is 6.08 Å². The number of rotatable bonds is 37. The van der Waals surface area contributed by atoms with Crippen molar-refractivity contribution < 1.29 is 89.4 Å². The fourth-order valence-electron chi connectivity index (χ4n) is 8.73. The van der Waals surface area contributed by atoms with E-state index < -0.39 is 124 Å². The summed E-state index contributed by atoms with van der Waals surface area (Å²) in [5.41, 5.74) is 0. The van der Waals surface area contributed by atoms with Gasteiger partial charge >= 0.3 is 0 Å². The quantitative estimate of drug-likeness (QED) is 0.0315. The van der Waals surface area contributed by atoms with E-state index in [1.807, 2.05) is 6.08 Å². The van der Waals surface area contributed by atoms with Crippen LogP contribution in [0.5, 0.6) is 0 Å². The smallest absolute Gasteiger partial charge is 0.220 e. The van der Waals surface area contributed by atoms with Gasteiger partial charge in [0.2, 0.25) is 5.91 Å². The van der Waals surface area contributed by atoms with Crippen LogP contribution in [0.25, 0.3) is 0 Å². The normalized spacial score (nSPS) is 32.2. The fraction of sp³-hybridized carbons (Fsp3) is 0.796. The molecule has 19 nitrogen and oxygen atoms in total. The van der Waals surface area contributed by atoms with Crippen molar-refractivity contribution in [1.82, 2.24) is 5.32 Å². The maximum absolute atomic E-state index is 13.2. The van der Waals surface area contributed by atoms with Crippen molar-refractivity contribution in [2.45, 2.75) is 247 Å². The predicted octanol–water partition coefficient (Wildman–Crippen LogP) is 2.92. The molecule has 19 heteroatoms. The summed E-state index contributed by atoms with van der Waals surface area (Å²) in [5.74, 6) is -0.310. The largest absolute Gasteiger partial charge is 0.394 e. The fourth-order valence-corrected chi connectivity index (χ4v) is 8.73. The van der Waals surface area contributed by atoms with Gasteiger partial charge in [0.25, 0.3) is 0 Å². The highest BCUT2D eigenvalue weighted by atomic mass is 16.8. The lowest BCUT2D eigenvalue weighted by Crippen LogP contribution is -2.66. The second-order valence-electron chi connectivity index (χ2n) is 19.3. The number of amides is 1. The molecule has 0 aromatic carbocycles. The van der Waals surface area contributed by atoms with Crippen LogP contribution in [0.15, 0.2) is 60.8 Å². The maximum Gasteiger partial charge on any atom is 0.220 e. The molecule has 1 amide bonds. The van der Waals surface area contributed by atoms with Crippen LogP contribution in [0.3, 0.4) is 0 Å². The van der Waals surface area contributed by atoms with E-state index in [0.29, 0.717) is 12.8 Å². The summed E-state index contributed by atoms with van der Waals surface area (Å²) in [7, 11) is 0. The van der Waals surface area contributed by atoms with Gasteiger partial charge in [0.15, 0.2) is 18.9 Å². The summed E-state index contributed by atoms with van der Waals surface area (Å²) in [6.07, 6.45) is 13.6. The molecular formula is C54H93NO18. The molecular weight excluding hydrogens is 951 g/mol. The van der Waals surface area contributed by atoms with Gasteiger partial charge in [0.05, 0.1) is 38.6 Å². The van der Waals surface area contributed by atoms with Gasteiger partial charge in [-0.15, -0.1) is 0 Å². The summed E-state index contributed by atoms with van der Waals surface area (Å²) >= 11 is 0. The number of aliphatic hydroxyl groups is 11. The van der Waals surface area contributed by atoms with Gasteiger partial charge < -0.3 is 89.9 Å². The molecule has 0 radical (unpaired) electrons. The summed E-state index contributed by atoms with van der Waals surface area (Å²) in [5, 5.41) is 120. The van der Waals surface area contributed by atoms with Crippen LogP contribution in [0, 0.1) is 0 Å². The number of hydrogen-bond acceptors (Lipinski definition) is 18. The number of aliphatic hydroxyl groups excluding tert-OH is 11. The standard InChI is InChI=1S/C54H93NO18/c1-3-5-7-9-11-13-15-17-18-20-21-23-25-27-29-31-38(59)37(55-42(60)32-30-28-26-24-22-19-16-14-12-10-8-6-4-2)36-68-52-48(66)45(63)50(40(34-57)70-52)73-54-49(67)46(64)51(41(35-58)71-54)72-53-47(65)44(62)43(61)39(33-56)69-53/h8,10,14-17,21,23,29,31,37-41,43-54,56-59,61-67H,3-7,9,11-13,18-20,22,24-28,30,32-36H2,1-2H3,(H,55,60)/b10-8-,16-14-,17-15+,23-21+,31-29+. The summed E-state index contributed by atoms with van der Waals surface area (Å²) in [4.78, 5) is 13.2. The van der Waals surface area contributed by atoms with Gasteiger partial charge in [0.1, 0.15) is 73.2 Å². The van der Waals surface area contributed by atoms with Crippen LogP contribution in [0.2, 0.25) is 0 Å². The Balaban J connectivity index is 1.57. The molecule has 3 aliphatic rings. The monoisotopic (exact) mass is 1040 g/mol. The maximum atomic E-state index is 13.2. The Kier molecular flexibility index (Phi) is 33.8. The second kappa shape index (κ2) is 38.1. The first-order valence-corrected chi connectivity index (χ1v) is 27.0. The summed E-state index contributed by atoms with van der Waals surface area (Å²) < 4.78 is 34.1. The third kappa shape index (κ3) is 23.3. The molecule has 0 bridgehead atoms. The molecule has 422 valence electrons. The SMILES string of the molecule is CCC/C=C\C/C=C\CCCCCCCC(=O)NC(COC1OC(CO)C(OC2OC(CO)C(OC3OC(CO)C(O)C(O)C3O)C(O)C2O)C(O)C1O)C(O)/C=C/CC/C=C/CC/C=C/CCCCCCC. The lowest BCUT2D eigenvalue weighted by atomic mass is 9.96. The van der Waals surface area contributed by atoms with Crippen molar-refractivity contribution in [3.8, 4) is 0 Å². The third-order valence-electron chi connectivity index (χ3n) is 13.2. The van der Waals surface area contributed by atoms with Gasteiger partial charge in [-0.1, -0.05) is 126 Å². The molecule has 3 saturated heterocycles. The summed E-state index contributed by atoms with van der Waals surface area (Å²) in [6, 6.07) is -1.00. The second-order valence-corrected chi connectivity index (χ2v) is 19.3. The molecule has 0 aliphatic carbocycles. The number of unbranched alkanes of at least 4 members (excludes halogenated alkanes) is 13. The van der Waals surface area contributed by atoms with E-state index in [2.05, 4.69) is 67.8 Å². The van der Waals surface area contributed by atoms with Crippen molar-refractivity contribution >= 4 is 5.91 Å². The molecule has 3 fully saturated rings. The lowest BCUT2D eigenvalue weighted by molar-refractivity contribution is -0.379. The van der Waals surface area contributed by atoms with Crippen molar-refractivity contribution in [1.29, 1.82) is 0 Å². The Hall–Kier alpha value is -2.51. The minimum Gasteiger partial charge on any atom is -0.394 e. The van der Waals surface area contributed by atoms with E-state index in [9.17, 15) is 61.0 Å². The Morgan fingerprint density at radius 2 is 0.945 bits per heavy atom. The molecule has 0 spiro atoms. The average Bonchev–Trinajstić information content (AvgIpc) is 3.39. The van der Waals surface area contributed by atoms with Crippen LogP contribution in [-0.2, 0) is 33.2 Å². The van der Waals surface area contributed by atoms with E-state index >= 15 is 0 Å². The molecule has 3 heterocycles. The number of nitrogens with one attached hydrogen (secondary N) is 1. The van der Waals surface area contributed by atoms with Crippen molar-refractivity contribution in [2.75, 3.05) is 26.4 Å². The van der Waals surface area contributed by atoms with E-state index in [1.165, 1.54) is 32.1 Å². The third-order valence-corrected chi connectivity index (χ3v) is 13.2. The van der Waals surface area contributed by atoms with Crippen LogP contribution < -0.4 is 5.32 Å². The number of ether oxygens (including phenoxy) is 6. The zero-order valence-electron chi connectivity index (χ0n) is 43.3. The minimum absolute atomic E-state index is 0.213. The molecule has 3 aliphatic heterocycles. The van der Waals surface area contributed by atoms with Gasteiger partial charge in [-0.3, -0.25) is 4.79 Å². The number of allylic oxidation sites excluding steroid dienone is 9. The first kappa shape index (κ1) is 64.8. The number of carbonyl (C=O) groups excluding carboxylic acids is 1. The topological polar surface area (TPSA) is 307 Å².